The first-order valence-electron chi connectivity index (χ1n) is 3.42. The standard InChI is InChI=1S/C6H7N5/c1-2-5-7-3-6-8-4-9-11(6)10-5/h3-4H,2H2,1H3. The van der Waals surface area contributed by atoms with Crippen molar-refractivity contribution in [3.8, 4) is 0 Å². The summed E-state index contributed by atoms with van der Waals surface area (Å²) in [5.41, 5.74) is 0.683. The van der Waals surface area contributed by atoms with Gasteiger partial charge in [-0.1, -0.05) is 6.92 Å². The van der Waals surface area contributed by atoms with Crippen LogP contribution in [0.2, 0.25) is 0 Å². The molecule has 0 saturated carbocycles. The molecule has 0 unspecified atom stereocenters. The Morgan fingerprint density at radius 1 is 1.45 bits per heavy atom. The van der Waals surface area contributed by atoms with Gasteiger partial charge in [0, 0.05) is 6.42 Å². The van der Waals surface area contributed by atoms with E-state index in [-0.39, 0.29) is 0 Å². The molecule has 0 fully saturated rings. The Morgan fingerprint density at radius 2 is 2.36 bits per heavy atom. The van der Waals surface area contributed by atoms with Gasteiger partial charge in [0.1, 0.15) is 6.33 Å². The van der Waals surface area contributed by atoms with E-state index < -0.39 is 0 Å². The smallest absolute Gasteiger partial charge is 0.194 e. The molecule has 0 aliphatic carbocycles. The zero-order valence-electron chi connectivity index (χ0n) is 6.10. The van der Waals surface area contributed by atoms with Gasteiger partial charge in [0.05, 0.1) is 6.20 Å². The summed E-state index contributed by atoms with van der Waals surface area (Å²) in [5.74, 6) is 0.781. The number of aryl methyl sites for hydroxylation is 1. The molecule has 11 heavy (non-hydrogen) atoms. The number of fused-ring (bicyclic) bond motifs is 1. The van der Waals surface area contributed by atoms with Gasteiger partial charge in [0.15, 0.2) is 11.5 Å². The van der Waals surface area contributed by atoms with Gasteiger partial charge in [0.25, 0.3) is 0 Å². The van der Waals surface area contributed by atoms with Crippen LogP contribution < -0.4 is 0 Å². The molecule has 0 saturated heterocycles. The van der Waals surface area contributed by atoms with Gasteiger partial charge < -0.3 is 0 Å². The van der Waals surface area contributed by atoms with E-state index >= 15 is 0 Å². The minimum atomic E-state index is 0.683. The number of rotatable bonds is 1. The molecule has 0 spiro atoms. The largest absolute Gasteiger partial charge is 0.235 e. The maximum atomic E-state index is 4.09. The van der Waals surface area contributed by atoms with Gasteiger partial charge in [0.2, 0.25) is 0 Å². The van der Waals surface area contributed by atoms with Crippen molar-refractivity contribution >= 4 is 5.65 Å². The van der Waals surface area contributed by atoms with E-state index in [2.05, 4.69) is 20.2 Å². The second-order valence-corrected chi connectivity index (χ2v) is 2.14. The number of hydrogen-bond acceptors (Lipinski definition) is 4. The first-order valence-corrected chi connectivity index (χ1v) is 3.42. The predicted octanol–water partition coefficient (Wildman–Crippen LogP) is 0.0817. The second kappa shape index (κ2) is 2.26. The molecule has 0 bridgehead atoms. The lowest BCUT2D eigenvalue weighted by atomic mass is 10.5. The molecule has 0 radical (unpaired) electrons. The Morgan fingerprint density at radius 3 is 3.18 bits per heavy atom. The lowest BCUT2D eigenvalue weighted by Gasteiger charge is -1.92. The monoisotopic (exact) mass is 149 g/mol. The van der Waals surface area contributed by atoms with Crippen LogP contribution in [0.3, 0.4) is 0 Å². The third-order valence-corrected chi connectivity index (χ3v) is 1.41. The van der Waals surface area contributed by atoms with Gasteiger partial charge in [-0.3, -0.25) is 0 Å². The van der Waals surface area contributed by atoms with Crippen LogP contribution in [0.4, 0.5) is 0 Å². The SMILES string of the molecule is CCc1ncc2ncnn2n1. The van der Waals surface area contributed by atoms with Crippen molar-refractivity contribution in [2.45, 2.75) is 13.3 Å². The number of hydrogen-bond donors (Lipinski definition) is 0. The number of aromatic nitrogens is 5. The molecule has 0 atom stereocenters. The summed E-state index contributed by atoms with van der Waals surface area (Å²) in [7, 11) is 0. The Bertz CT molecular complexity index is 366. The third-order valence-electron chi connectivity index (χ3n) is 1.41. The van der Waals surface area contributed by atoms with E-state index in [1.165, 1.54) is 11.0 Å². The van der Waals surface area contributed by atoms with Crippen LogP contribution in [0.5, 0.6) is 0 Å². The highest BCUT2D eigenvalue weighted by molar-refractivity contribution is 5.29. The van der Waals surface area contributed by atoms with Gasteiger partial charge in [-0.2, -0.15) is 0 Å². The van der Waals surface area contributed by atoms with E-state index in [1.807, 2.05) is 6.92 Å². The Kier molecular flexibility index (Phi) is 1.28. The summed E-state index contributed by atoms with van der Waals surface area (Å²) < 4.78 is 1.48. The van der Waals surface area contributed by atoms with E-state index in [0.717, 1.165) is 12.2 Å². The molecule has 0 N–H and O–H groups in total. The fourth-order valence-electron chi connectivity index (χ4n) is 0.836. The molecule has 5 nitrogen and oxygen atoms in total. The Balaban J connectivity index is 2.67. The van der Waals surface area contributed by atoms with Crippen molar-refractivity contribution in [1.29, 1.82) is 0 Å². The summed E-state index contributed by atoms with van der Waals surface area (Å²) >= 11 is 0. The summed E-state index contributed by atoms with van der Waals surface area (Å²) in [5, 5.41) is 7.97. The maximum Gasteiger partial charge on any atom is 0.194 e. The molecular formula is C6H7N5. The molecule has 2 heterocycles. The van der Waals surface area contributed by atoms with Crippen molar-refractivity contribution in [3.05, 3.63) is 18.3 Å². The van der Waals surface area contributed by atoms with Crippen LogP contribution >= 0.6 is 0 Å². The van der Waals surface area contributed by atoms with Crippen molar-refractivity contribution in [2.75, 3.05) is 0 Å². The van der Waals surface area contributed by atoms with Crippen LogP contribution in [0.15, 0.2) is 12.5 Å². The Hall–Kier alpha value is -1.52. The third kappa shape index (κ3) is 0.938. The van der Waals surface area contributed by atoms with Gasteiger partial charge in [-0.15, -0.1) is 14.8 Å². The predicted molar refractivity (Wildman–Crippen MR) is 38.0 cm³/mol. The molecule has 5 heteroatoms. The molecule has 0 aliphatic rings. The molecular weight excluding hydrogens is 142 g/mol. The van der Waals surface area contributed by atoms with Crippen LogP contribution in [-0.2, 0) is 6.42 Å². The second-order valence-electron chi connectivity index (χ2n) is 2.14. The molecule has 2 aromatic rings. The van der Waals surface area contributed by atoms with E-state index in [9.17, 15) is 0 Å². The highest BCUT2D eigenvalue weighted by Gasteiger charge is 1.97. The summed E-state index contributed by atoms with van der Waals surface area (Å²) in [6, 6.07) is 0. The lowest BCUT2D eigenvalue weighted by Crippen LogP contribution is -2.00. The molecule has 0 aliphatic heterocycles. The summed E-state index contributed by atoms with van der Waals surface area (Å²) in [6.45, 7) is 2.00. The highest BCUT2D eigenvalue weighted by Crippen LogP contribution is 1.93. The molecule has 56 valence electrons. The molecule has 0 amide bonds. The molecule has 2 aromatic heterocycles. The highest BCUT2D eigenvalue weighted by atomic mass is 15.4. The molecule has 2 rings (SSSR count). The zero-order chi connectivity index (χ0) is 7.68. The minimum absolute atomic E-state index is 0.683. The first kappa shape index (κ1) is 6.21. The van der Waals surface area contributed by atoms with E-state index in [0.29, 0.717) is 5.65 Å². The van der Waals surface area contributed by atoms with Gasteiger partial charge >= 0.3 is 0 Å². The first-order chi connectivity index (χ1) is 5.40. The topological polar surface area (TPSA) is 56.0 Å². The molecule has 0 aromatic carbocycles. The van der Waals surface area contributed by atoms with Crippen LogP contribution in [0, 0.1) is 0 Å². The van der Waals surface area contributed by atoms with E-state index in [1.54, 1.807) is 6.20 Å². The van der Waals surface area contributed by atoms with Crippen LogP contribution in [-0.4, -0.2) is 24.8 Å². The van der Waals surface area contributed by atoms with E-state index in [4.69, 9.17) is 0 Å². The van der Waals surface area contributed by atoms with Crippen molar-refractivity contribution in [2.24, 2.45) is 0 Å². The average Bonchev–Trinajstić information content (AvgIpc) is 2.50. The zero-order valence-corrected chi connectivity index (χ0v) is 6.10. The van der Waals surface area contributed by atoms with Crippen molar-refractivity contribution in [1.82, 2.24) is 24.8 Å². The normalized spacial score (nSPS) is 10.6. The quantitative estimate of drug-likeness (QED) is 0.576. The van der Waals surface area contributed by atoms with Crippen molar-refractivity contribution < 1.29 is 0 Å². The lowest BCUT2D eigenvalue weighted by molar-refractivity contribution is 0.732. The fraction of sp³-hybridized carbons (Fsp3) is 0.333. The summed E-state index contributed by atoms with van der Waals surface area (Å²) in [6.07, 6.45) is 3.94. The minimum Gasteiger partial charge on any atom is -0.235 e. The van der Waals surface area contributed by atoms with Gasteiger partial charge in [-0.05, 0) is 0 Å². The fourth-order valence-corrected chi connectivity index (χ4v) is 0.836. The van der Waals surface area contributed by atoms with Crippen LogP contribution in [0.1, 0.15) is 12.7 Å². The van der Waals surface area contributed by atoms with Crippen molar-refractivity contribution in [3.63, 3.8) is 0 Å². The Labute approximate surface area is 63.1 Å². The average molecular weight is 149 g/mol. The maximum absolute atomic E-state index is 4.09. The summed E-state index contributed by atoms with van der Waals surface area (Å²) in [4.78, 5) is 7.98. The van der Waals surface area contributed by atoms with Gasteiger partial charge in [-0.25, -0.2) is 9.97 Å². The number of nitrogens with zero attached hydrogens (tertiary/aromatic N) is 5. The van der Waals surface area contributed by atoms with Crippen LogP contribution in [0.25, 0.3) is 5.65 Å².